The maximum absolute atomic E-state index is 11.8. The number of carbonyl (C=O) groups excluding carboxylic acids is 1. The van der Waals surface area contributed by atoms with E-state index in [1.54, 1.807) is 6.92 Å². The van der Waals surface area contributed by atoms with Gasteiger partial charge in [-0.25, -0.2) is 0 Å². The number of nitrogens with zero attached hydrogens (tertiary/aromatic N) is 4. The number of amides is 1. The lowest BCUT2D eigenvalue weighted by atomic mass is 10.0. The largest absolute Gasteiger partial charge is 0.338 e. The normalized spacial score (nSPS) is 26.0. The van der Waals surface area contributed by atoms with E-state index in [0.717, 1.165) is 51.0 Å². The van der Waals surface area contributed by atoms with Crippen LogP contribution in [0.25, 0.3) is 0 Å². The molecule has 1 amide bonds. The molecule has 2 saturated heterocycles. The molecule has 6 nitrogen and oxygen atoms in total. The van der Waals surface area contributed by atoms with E-state index in [9.17, 15) is 4.79 Å². The lowest BCUT2D eigenvalue weighted by Crippen LogP contribution is -2.47. The van der Waals surface area contributed by atoms with Crippen molar-refractivity contribution in [3.05, 3.63) is 11.7 Å². The topological polar surface area (TPSA) is 62.5 Å². The van der Waals surface area contributed by atoms with Crippen LogP contribution >= 0.6 is 0 Å². The molecule has 0 radical (unpaired) electrons. The average Bonchev–Trinajstić information content (AvgIpc) is 3.19. The Morgan fingerprint density at radius 2 is 2.05 bits per heavy atom. The van der Waals surface area contributed by atoms with Crippen LogP contribution in [0.15, 0.2) is 4.52 Å². The summed E-state index contributed by atoms with van der Waals surface area (Å²) in [5.74, 6) is 1.72. The second-order valence-electron chi connectivity index (χ2n) is 6.46. The van der Waals surface area contributed by atoms with Crippen molar-refractivity contribution < 1.29 is 9.32 Å². The number of aryl methyl sites for hydroxylation is 1. The molecule has 0 spiro atoms. The van der Waals surface area contributed by atoms with Crippen LogP contribution in [0.4, 0.5) is 0 Å². The predicted molar refractivity (Wildman–Crippen MR) is 82.1 cm³/mol. The van der Waals surface area contributed by atoms with Crippen molar-refractivity contribution >= 4 is 5.91 Å². The van der Waals surface area contributed by atoms with E-state index in [0.29, 0.717) is 24.5 Å². The Kier molecular flexibility index (Phi) is 4.76. The summed E-state index contributed by atoms with van der Waals surface area (Å²) in [6, 6.07) is 0.797. The maximum Gasteiger partial charge on any atom is 0.240 e. The molecule has 0 aliphatic carbocycles. The van der Waals surface area contributed by atoms with E-state index in [-0.39, 0.29) is 5.91 Å². The lowest BCUT2D eigenvalue weighted by Gasteiger charge is -2.33. The summed E-state index contributed by atoms with van der Waals surface area (Å²) in [4.78, 5) is 20.8. The monoisotopic (exact) mass is 306 g/mol. The van der Waals surface area contributed by atoms with E-state index >= 15 is 0 Å². The van der Waals surface area contributed by atoms with Crippen LogP contribution in [0, 0.1) is 0 Å². The summed E-state index contributed by atoms with van der Waals surface area (Å²) in [7, 11) is 0. The van der Waals surface area contributed by atoms with Gasteiger partial charge in [-0.05, 0) is 38.6 Å². The van der Waals surface area contributed by atoms with Crippen LogP contribution in [-0.2, 0) is 17.8 Å². The average molecular weight is 306 g/mol. The third kappa shape index (κ3) is 3.16. The predicted octanol–water partition coefficient (Wildman–Crippen LogP) is 2.00. The zero-order chi connectivity index (χ0) is 15.5. The second kappa shape index (κ2) is 6.77. The molecule has 1 aromatic rings. The van der Waals surface area contributed by atoms with Gasteiger partial charge in [-0.3, -0.25) is 9.69 Å². The molecule has 3 rings (SSSR count). The highest BCUT2D eigenvalue weighted by Crippen LogP contribution is 2.30. The zero-order valence-electron chi connectivity index (χ0n) is 13.6. The number of likely N-dealkylation sites (tertiary alicyclic amines) is 2. The highest BCUT2D eigenvalue weighted by atomic mass is 16.5. The minimum Gasteiger partial charge on any atom is -0.338 e. The molecule has 6 heteroatoms. The first-order valence-corrected chi connectivity index (χ1v) is 8.51. The number of carbonyl (C=O) groups is 1. The van der Waals surface area contributed by atoms with Crippen molar-refractivity contribution in [2.24, 2.45) is 0 Å². The van der Waals surface area contributed by atoms with Crippen molar-refractivity contribution in [2.75, 3.05) is 13.1 Å². The number of rotatable bonds is 5. The molecule has 0 N–H and O–H groups in total. The van der Waals surface area contributed by atoms with Crippen molar-refractivity contribution in [1.29, 1.82) is 0 Å². The molecule has 1 aromatic heterocycles. The summed E-state index contributed by atoms with van der Waals surface area (Å²) < 4.78 is 5.38. The zero-order valence-corrected chi connectivity index (χ0v) is 13.6. The fraction of sp³-hybridized carbons (Fsp3) is 0.812. The quantitative estimate of drug-likeness (QED) is 0.832. The van der Waals surface area contributed by atoms with Crippen LogP contribution in [0.3, 0.4) is 0 Å². The number of aromatic nitrogens is 2. The van der Waals surface area contributed by atoms with Crippen molar-refractivity contribution in [3.8, 4) is 0 Å². The molecule has 2 atom stereocenters. The van der Waals surface area contributed by atoms with Crippen molar-refractivity contribution in [3.63, 3.8) is 0 Å². The molecule has 22 heavy (non-hydrogen) atoms. The lowest BCUT2D eigenvalue weighted by molar-refractivity contribution is -0.130. The van der Waals surface area contributed by atoms with Crippen molar-refractivity contribution in [1.82, 2.24) is 19.9 Å². The van der Waals surface area contributed by atoms with Gasteiger partial charge in [0, 0.05) is 32.0 Å². The first-order chi connectivity index (χ1) is 10.7. The van der Waals surface area contributed by atoms with Crippen LogP contribution in [-0.4, -0.2) is 51.0 Å². The summed E-state index contributed by atoms with van der Waals surface area (Å²) >= 11 is 0. The summed E-state index contributed by atoms with van der Waals surface area (Å²) in [5.41, 5.74) is 0. The van der Waals surface area contributed by atoms with Gasteiger partial charge in [0.1, 0.15) is 0 Å². The molecule has 0 bridgehead atoms. The van der Waals surface area contributed by atoms with Gasteiger partial charge in [0.15, 0.2) is 5.82 Å². The molecule has 0 aromatic carbocycles. The van der Waals surface area contributed by atoms with Crippen LogP contribution in [0.1, 0.15) is 57.7 Å². The third-order valence-electron chi connectivity index (χ3n) is 4.88. The van der Waals surface area contributed by atoms with Gasteiger partial charge >= 0.3 is 0 Å². The van der Waals surface area contributed by atoms with Gasteiger partial charge in [0.05, 0.1) is 6.54 Å². The molecule has 2 fully saturated rings. The Balaban J connectivity index is 1.66. The van der Waals surface area contributed by atoms with E-state index in [2.05, 4.69) is 26.9 Å². The molecule has 3 heterocycles. The van der Waals surface area contributed by atoms with Crippen molar-refractivity contribution in [2.45, 2.75) is 71.0 Å². The highest BCUT2D eigenvalue weighted by Gasteiger charge is 2.39. The van der Waals surface area contributed by atoms with Gasteiger partial charge in [-0.15, -0.1) is 0 Å². The Bertz CT molecular complexity index is 516. The fourth-order valence-electron chi connectivity index (χ4n) is 3.92. The van der Waals surface area contributed by atoms with E-state index in [1.165, 1.54) is 6.42 Å². The van der Waals surface area contributed by atoms with E-state index < -0.39 is 0 Å². The Morgan fingerprint density at radius 1 is 1.27 bits per heavy atom. The molecule has 0 unspecified atom stereocenters. The molecular formula is C16H26N4O2. The molecule has 2 aliphatic heterocycles. The maximum atomic E-state index is 11.8. The number of hydrogen-bond donors (Lipinski definition) is 0. The number of hydrogen-bond acceptors (Lipinski definition) is 5. The van der Waals surface area contributed by atoms with Gasteiger partial charge in [-0.2, -0.15) is 4.98 Å². The Morgan fingerprint density at radius 3 is 2.82 bits per heavy atom. The minimum absolute atomic E-state index is 0.206. The first-order valence-electron chi connectivity index (χ1n) is 8.51. The smallest absolute Gasteiger partial charge is 0.240 e. The Labute approximate surface area is 131 Å². The van der Waals surface area contributed by atoms with Crippen LogP contribution < -0.4 is 0 Å². The molecule has 122 valence electrons. The SMILES string of the molecule is CCCc1noc(CN2CCC[C@H]2[C@@H]2CCCN2C(C)=O)n1. The molecule has 0 saturated carbocycles. The Hall–Kier alpha value is -1.43. The van der Waals surface area contributed by atoms with Crippen LogP contribution in [0.5, 0.6) is 0 Å². The van der Waals surface area contributed by atoms with E-state index in [1.807, 2.05) is 0 Å². The standard InChI is InChI=1S/C16H26N4O2/c1-3-6-15-17-16(22-18-15)11-19-9-4-7-13(19)14-8-5-10-20(14)12(2)21/h13-14H,3-11H2,1-2H3/t13-,14-/m0/s1. The van der Waals surface area contributed by atoms with Gasteiger partial charge in [0.25, 0.3) is 0 Å². The van der Waals surface area contributed by atoms with Gasteiger partial charge < -0.3 is 9.42 Å². The third-order valence-corrected chi connectivity index (χ3v) is 4.88. The highest BCUT2D eigenvalue weighted by molar-refractivity contribution is 5.74. The molecule has 2 aliphatic rings. The summed E-state index contributed by atoms with van der Waals surface area (Å²) in [5, 5.41) is 4.04. The van der Waals surface area contributed by atoms with Gasteiger partial charge in [-0.1, -0.05) is 12.1 Å². The summed E-state index contributed by atoms with van der Waals surface area (Å²) in [6.07, 6.45) is 6.48. The summed E-state index contributed by atoms with van der Waals surface area (Å²) in [6.45, 7) is 6.48. The second-order valence-corrected chi connectivity index (χ2v) is 6.46. The van der Waals surface area contributed by atoms with E-state index in [4.69, 9.17) is 4.52 Å². The van der Waals surface area contributed by atoms with Gasteiger partial charge in [0.2, 0.25) is 11.8 Å². The first kappa shape index (κ1) is 15.5. The fourth-order valence-corrected chi connectivity index (χ4v) is 3.92. The molecular weight excluding hydrogens is 280 g/mol. The minimum atomic E-state index is 0.206. The van der Waals surface area contributed by atoms with Crippen LogP contribution in [0.2, 0.25) is 0 Å².